The summed E-state index contributed by atoms with van der Waals surface area (Å²) in [6, 6.07) is 7.03. The fourth-order valence-electron chi connectivity index (χ4n) is 1.96. The van der Waals surface area contributed by atoms with Crippen molar-refractivity contribution >= 4 is 28.9 Å². The molecule has 5 nitrogen and oxygen atoms in total. The van der Waals surface area contributed by atoms with Gasteiger partial charge in [-0.15, -0.1) is 11.6 Å². The SMILES string of the molecule is O=C(CCl)Nc1cccc(N(O)N2CCCC2)c1. The van der Waals surface area contributed by atoms with Gasteiger partial charge in [-0.1, -0.05) is 6.07 Å². The van der Waals surface area contributed by atoms with Gasteiger partial charge in [0, 0.05) is 18.8 Å². The molecule has 1 fully saturated rings. The van der Waals surface area contributed by atoms with E-state index in [2.05, 4.69) is 5.32 Å². The van der Waals surface area contributed by atoms with E-state index in [0.717, 1.165) is 31.1 Å². The Morgan fingerprint density at radius 3 is 2.83 bits per heavy atom. The summed E-state index contributed by atoms with van der Waals surface area (Å²) in [6.45, 7) is 1.68. The number of benzene rings is 1. The van der Waals surface area contributed by atoms with E-state index in [1.807, 2.05) is 5.01 Å². The van der Waals surface area contributed by atoms with E-state index in [1.165, 1.54) is 0 Å². The molecular weight excluding hydrogens is 254 g/mol. The molecule has 1 saturated heterocycles. The van der Waals surface area contributed by atoms with E-state index in [0.29, 0.717) is 11.4 Å². The van der Waals surface area contributed by atoms with Gasteiger partial charge in [-0.25, -0.2) is 0 Å². The van der Waals surface area contributed by atoms with Crippen LogP contribution in [0.3, 0.4) is 0 Å². The zero-order valence-corrected chi connectivity index (χ0v) is 10.7. The van der Waals surface area contributed by atoms with Crippen molar-refractivity contribution in [3.63, 3.8) is 0 Å². The summed E-state index contributed by atoms with van der Waals surface area (Å²) in [4.78, 5) is 11.2. The zero-order chi connectivity index (χ0) is 13.0. The van der Waals surface area contributed by atoms with Crippen LogP contribution in [0.2, 0.25) is 0 Å². The van der Waals surface area contributed by atoms with Crippen LogP contribution in [0.1, 0.15) is 12.8 Å². The minimum atomic E-state index is -0.264. The van der Waals surface area contributed by atoms with Crippen LogP contribution in [0.25, 0.3) is 0 Å². The third-order valence-corrected chi connectivity index (χ3v) is 3.08. The molecule has 0 spiro atoms. The van der Waals surface area contributed by atoms with E-state index < -0.39 is 0 Å². The first kappa shape index (κ1) is 13.1. The fraction of sp³-hybridized carbons (Fsp3) is 0.417. The number of rotatable bonds is 4. The van der Waals surface area contributed by atoms with E-state index in [-0.39, 0.29) is 11.8 Å². The van der Waals surface area contributed by atoms with Gasteiger partial charge in [0.05, 0.1) is 5.69 Å². The second-order valence-corrected chi connectivity index (χ2v) is 4.45. The number of carbonyl (C=O) groups excluding carboxylic acids is 1. The zero-order valence-electron chi connectivity index (χ0n) is 9.97. The minimum absolute atomic E-state index is 0.0841. The van der Waals surface area contributed by atoms with Crippen molar-refractivity contribution in [3.8, 4) is 0 Å². The quantitative estimate of drug-likeness (QED) is 0.649. The van der Waals surface area contributed by atoms with Gasteiger partial charge < -0.3 is 5.32 Å². The second-order valence-electron chi connectivity index (χ2n) is 4.18. The second kappa shape index (κ2) is 6.04. The van der Waals surface area contributed by atoms with Gasteiger partial charge in [0.15, 0.2) is 0 Å². The lowest BCUT2D eigenvalue weighted by Crippen LogP contribution is -2.38. The maximum atomic E-state index is 11.2. The van der Waals surface area contributed by atoms with Crippen LogP contribution in [0, 0.1) is 0 Å². The average molecular weight is 270 g/mol. The van der Waals surface area contributed by atoms with Gasteiger partial charge in [-0.05, 0) is 31.0 Å². The average Bonchev–Trinajstić information content (AvgIpc) is 2.92. The van der Waals surface area contributed by atoms with E-state index >= 15 is 0 Å². The monoisotopic (exact) mass is 269 g/mol. The summed E-state index contributed by atoms with van der Waals surface area (Å²) in [5, 5.41) is 15.7. The topological polar surface area (TPSA) is 55.8 Å². The number of hydrogen-bond donors (Lipinski definition) is 2. The smallest absolute Gasteiger partial charge is 0.239 e. The first-order valence-electron chi connectivity index (χ1n) is 5.90. The van der Waals surface area contributed by atoms with Crippen molar-refractivity contribution in [1.82, 2.24) is 5.01 Å². The van der Waals surface area contributed by atoms with Crippen molar-refractivity contribution in [3.05, 3.63) is 24.3 Å². The molecule has 1 aromatic rings. The summed E-state index contributed by atoms with van der Waals surface area (Å²) in [6.07, 6.45) is 2.17. The predicted molar refractivity (Wildman–Crippen MR) is 70.9 cm³/mol. The van der Waals surface area contributed by atoms with Gasteiger partial charge in [-0.2, -0.15) is 10.2 Å². The highest BCUT2D eigenvalue weighted by Gasteiger charge is 2.18. The van der Waals surface area contributed by atoms with Gasteiger partial charge >= 0.3 is 0 Å². The molecule has 0 saturated carbocycles. The maximum Gasteiger partial charge on any atom is 0.239 e. The molecule has 1 amide bonds. The molecule has 2 N–H and O–H groups in total. The maximum absolute atomic E-state index is 11.2. The molecule has 2 rings (SSSR count). The van der Waals surface area contributed by atoms with Crippen molar-refractivity contribution < 1.29 is 10.0 Å². The first-order valence-corrected chi connectivity index (χ1v) is 6.44. The Morgan fingerprint density at radius 2 is 2.17 bits per heavy atom. The van der Waals surface area contributed by atoms with Crippen LogP contribution in [0.15, 0.2) is 24.3 Å². The van der Waals surface area contributed by atoms with Crippen LogP contribution < -0.4 is 10.5 Å². The highest BCUT2D eigenvalue weighted by molar-refractivity contribution is 6.29. The Labute approximate surface area is 111 Å². The Morgan fingerprint density at radius 1 is 1.44 bits per heavy atom. The standard InChI is InChI=1S/C12H16ClN3O2/c13-9-12(17)14-10-4-3-5-11(8-10)16(18)15-6-1-2-7-15/h3-5,8,18H,1-2,6-7,9H2,(H,14,17). The highest BCUT2D eigenvalue weighted by Crippen LogP contribution is 2.22. The molecule has 0 unspecified atom stereocenters. The number of hydrogen-bond acceptors (Lipinski definition) is 4. The molecule has 1 aromatic carbocycles. The number of hydrazine groups is 1. The van der Waals surface area contributed by atoms with Crippen LogP contribution in [0.4, 0.5) is 11.4 Å². The largest absolute Gasteiger partial charge is 0.325 e. The van der Waals surface area contributed by atoms with Crippen LogP contribution in [-0.4, -0.2) is 35.1 Å². The Bertz CT molecular complexity index is 422. The lowest BCUT2D eigenvalue weighted by Gasteiger charge is -2.27. The number of halogens is 1. The van der Waals surface area contributed by atoms with E-state index in [1.54, 1.807) is 24.3 Å². The van der Waals surface area contributed by atoms with Gasteiger partial charge in [0.2, 0.25) is 5.91 Å². The van der Waals surface area contributed by atoms with E-state index in [4.69, 9.17) is 11.6 Å². The molecule has 0 aliphatic carbocycles. The molecule has 1 aliphatic rings. The minimum Gasteiger partial charge on any atom is -0.325 e. The molecule has 0 atom stereocenters. The Hall–Kier alpha value is -1.30. The van der Waals surface area contributed by atoms with Crippen LogP contribution >= 0.6 is 11.6 Å². The molecule has 98 valence electrons. The Kier molecular flexibility index (Phi) is 4.41. The van der Waals surface area contributed by atoms with Crippen molar-refractivity contribution in [2.45, 2.75) is 12.8 Å². The van der Waals surface area contributed by atoms with Crippen LogP contribution in [0.5, 0.6) is 0 Å². The molecular formula is C12H16ClN3O2. The number of anilines is 2. The van der Waals surface area contributed by atoms with Gasteiger partial charge in [0.25, 0.3) is 0 Å². The normalized spacial score (nSPS) is 15.7. The Balaban J connectivity index is 2.08. The van der Waals surface area contributed by atoms with Gasteiger partial charge in [-0.3, -0.25) is 10.0 Å². The lowest BCUT2D eigenvalue weighted by atomic mass is 10.3. The summed E-state index contributed by atoms with van der Waals surface area (Å²) >= 11 is 5.43. The number of amides is 1. The van der Waals surface area contributed by atoms with Crippen molar-refractivity contribution in [1.29, 1.82) is 0 Å². The highest BCUT2D eigenvalue weighted by atomic mass is 35.5. The van der Waals surface area contributed by atoms with Gasteiger partial charge in [0.1, 0.15) is 5.88 Å². The lowest BCUT2D eigenvalue weighted by molar-refractivity contribution is -0.113. The molecule has 1 aliphatic heterocycles. The number of nitrogens with zero attached hydrogens (tertiary/aromatic N) is 2. The van der Waals surface area contributed by atoms with E-state index in [9.17, 15) is 10.0 Å². The van der Waals surface area contributed by atoms with Crippen LogP contribution in [-0.2, 0) is 4.79 Å². The summed E-state index contributed by atoms with van der Waals surface area (Å²) in [5.41, 5.74) is 1.25. The third kappa shape index (κ3) is 3.13. The molecule has 0 bridgehead atoms. The van der Waals surface area contributed by atoms with Crippen molar-refractivity contribution in [2.75, 3.05) is 29.5 Å². The number of alkyl halides is 1. The summed E-state index contributed by atoms with van der Waals surface area (Å²) in [5.74, 6) is -0.349. The van der Waals surface area contributed by atoms with Crippen molar-refractivity contribution in [2.24, 2.45) is 0 Å². The predicted octanol–water partition coefficient (Wildman–Crippen LogP) is 2.07. The third-order valence-electron chi connectivity index (χ3n) is 2.83. The fourth-order valence-corrected chi connectivity index (χ4v) is 2.02. The number of carbonyl (C=O) groups is 1. The molecule has 1 heterocycles. The first-order chi connectivity index (χ1) is 8.70. The molecule has 0 radical (unpaired) electrons. The summed E-state index contributed by atoms with van der Waals surface area (Å²) < 4.78 is 0. The number of nitrogens with one attached hydrogen (secondary N) is 1. The molecule has 18 heavy (non-hydrogen) atoms. The molecule has 6 heteroatoms. The summed E-state index contributed by atoms with van der Waals surface area (Å²) in [7, 11) is 0. The molecule has 0 aromatic heterocycles.